The standard InChI is InChI=1S/C18H20N2S/c1-3-19-17(12-14-7-6-10-21-14)18-11-13(2)15-8-4-5-9-16(15)20-18/h4-11,17,19H,3,12H2,1-2H3. The van der Waals surface area contributed by atoms with Crippen molar-refractivity contribution >= 4 is 22.2 Å². The summed E-state index contributed by atoms with van der Waals surface area (Å²) in [4.78, 5) is 6.27. The molecule has 0 aliphatic carbocycles. The zero-order valence-electron chi connectivity index (χ0n) is 12.5. The first-order chi connectivity index (χ1) is 10.3. The fourth-order valence-corrected chi connectivity index (χ4v) is 3.46. The van der Waals surface area contributed by atoms with Gasteiger partial charge in [-0.3, -0.25) is 4.98 Å². The minimum atomic E-state index is 0.275. The van der Waals surface area contributed by atoms with Gasteiger partial charge in [0.1, 0.15) is 0 Å². The maximum atomic E-state index is 4.88. The van der Waals surface area contributed by atoms with Crippen molar-refractivity contribution in [1.82, 2.24) is 10.3 Å². The second-order valence-electron chi connectivity index (χ2n) is 5.27. The summed E-state index contributed by atoms with van der Waals surface area (Å²) in [6, 6.07) is 15.2. The van der Waals surface area contributed by atoms with Crippen LogP contribution in [0.4, 0.5) is 0 Å². The van der Waals surface area contributed by atoms with Crippen molar-refractivity contribution in [3.63, 3.8) is 0 Å². The lowest BCUT2D eigenvalue weighted by molar-refractivity contribution is 0.541. The number of nitrogens with zero attached hydrogens (tertiary/aromatic N) is 1. The van der Waals surface area contributed by atoms with Gasteiger partial charge in [-0.2, -0.15) is 0 Å². The van der Waals surface area contributed by atoms with E-state index < -0.39 is 0 Å². The molecule has 2 heterocycles. The van der Waals surface area contributed by atoms with Crippen molar-refractivity contribution in [3.05, 3.63) is 64.0 Å². The summed E-state index contributed by atoms with van der Waals surface area (Å²) < 4.78 is 0. The molecular formula is C18H20N2S. The Bertz CT molecular complexity index is 719. The Morgan fingerprint density at radius 2 is 2.05 bits per heavy atom. The van der Waals surface area contributed by atoms with Gasteiger partial charge in [-0.05, 0) is 42.6 Å². The zero-order chi connectivity index (χ0) is 14.7. The van der Waals surface area contributed by atoms with Crippen LogP contribution in [0.25, 0.3) is 10.9 Å². The largest absolute Gasteiger partial charge is 0.309 e. The number of hydrogen-bond acceptors (Lipinski definition) is 3. The quantitative estimate of drug-likeness (QED) is 0.750. The minimum Gasteiger partial charge on any atom is -0.309 e. The summed E-state index contributed by atoms with van der Waals surface area (Å²) in [5, 5.41) is 6.95. The van der Waals surface area contributed by atoms with Crippen LogP contribution in [0.1, 0.15) is 29.1 Å². The lowest BCUT2D eigenvalue weighted by atomic mass is 10.0. The van der Waals surface area contributed by atoms with E-state index in [1.54, 1.807) is 0 Å². The van der Waals surface area contributed by atoms with Crippen LogP contribution in [0.2, 0.25) is 0 Å². The smallest absolute Gasteiger partial charge is 0.0708 e. The molecule has 0 fully saturated rings. The number of thiophene rings is 1. The maximum absolute atomic E-state index is 4.88. The van der Waals surface area contributed by atoms with E-state index in [4.69, 9.17) is 4.98 Å². The number of pyridine rings is 1. The summed E-state index contributed by atoms with van der Waals surface area (Å²) in [6.07, 6.45) is 0.996. The van der Waals surface area contributed by atoms with E-state index in [-0.39, 0.29) is 6.04 Å². The number of likely N-dealkylation sites (N-methyl/N-ethyl adjacent to an activating group) is 1. The molecule has 1 unspecified atom stereocenters. The highest BCUT2D eigenvalue weighted by molar-refractivity contribution is 7.09. The predicted octanol–water partition coefficient (Wildman–Crippen LogP) is 4.50. The Balaban J connectivity index is 1.98. The van der Waals surface area contributed by atoms with Crippen LogP contribution in [0.3, 0.4) is 0 Å². The number of aryl methyl sites for hydroxylation is 1. The van der Waals surface area contributed by atoms with E-state index >= 15 is 0 Å². The summed E-state index contributed by atoms with van der Waals surface area (Å²) in [5.41, 5.74) is 3.52. The van der Waals surface area contributed by atoms with Gasteiger partial charge in [-0.1, -0.05) is 31.2 Å². The summed E-state index contributed by atoms with van der Waals surface area (Å²) in [6.45, 7) is 5.26. The number of benzene rings is 1. The van der Waals surface area contributed by atoms with E-state index in [0.717, 1.165) is 24.2 Å². The molecule has 1 N–H and O–H groups in total. The Morgan fingerprint density at radius 3 is 2.81 bits per heavy atom. The summed E-state index contributed by atoms with van der Waals surface area (Å²) >= 11 is 1.81. The number of hydrogen-bond donors (Lipinski definition) is 1. The van der Waals surface area contributed by atoms with Gasteiger partial charge in [0, 0.05) is 16.7 Å². The van der Waals surface area contributed by atoms with Crippen molar-refractivity contribution in [2.45, 2.75) is 26.3 Å². The maximum Gasteiger partial charge on any atom is 0.0708 e. The molecule has 0 radical (unpaired) electrons. The molecule has 0 aliphatic heterocycles. The summed E-state index contributed by atoms with van der Waals surface area (Å²) in [5.74, 6) is 0. The monoisotopic (exact) mass is 296 g/mol. The number of rotatable bonds is 5. The second kappa shape index (κ2) is 6.37. The third-order valence-electron chi connectivity index (χ3n) is 3.74. The molecule has 21 heavy (non-hydrogen) atoms. The van der Waals surface area contributed by atoms with Gasteiger partial charge >= 0.3 is 0 Å². The van der Waals surface area contributed by atoms with Crippen LogP contribution in [-0.4, -0.2) is 11.5 Å². The van der Waals surface area contributed by atoms with Crippen molar-refractivity contribution in [2.75, 3.05) is 6.54 Å². The van der Waals surface area contributed by atoms with Crippen molar-refractivity contribution in [1.29, 1.82) is 0 Å². The van der Waals surface area contributed by atoms with E-state index in [0.29, 0.717) is 0 Å². The van der Waals surface area contributed by atoms with Crippen LogP contribution < -0.4 is 5.32 Å². The molecule has 0 spiro atoms. The first kappa shape index (κ1) is 14.2. The molecule has 108 valence electrons. The van der Waals surface area contributed by atoms with Crippen LogP contribution >= 0.6 is 11.3 Å². The average Bonchev–Trinajstić information content (AvgIpc) is 3.00. The fraction of sp³-hybridized carbons (Fsp3) is 0.278. The fourth-order valence-electron chi connectivity index (χ4n) is 2.71. The minimum absolute atomic E-state index is 0.275. The Morgan fingerprint density at radius 1 is 1.19 bits per heavy atom. The van der Waals surface area contributed by atoms with Gasteiger partial charge in [0.2, 0.25) is 0 Å². The predicted molar refractivity (Wildman–Crippen MR) is 90.9 cm³/mol. The molecule has 3 aromatic rings. The van der Waals surface area contributed by atoms with Crippen LogP contribution in [0.15, 0.2) is 47.8 Å². The lowest BCUT2D eigenvalue weighted by Gasteiger charge is -2.18. The molecular weight excluding hydrogens is 276 g/mol. The number of fused-ring (bicyclic) bond motifs is 1. The highest BCUT2D eigenvalue weighted by Crippen LogP contribution is 2.24. The van der Waals surface area contributed by atoms with Gasteiger partial charge in [-0.15, -0.1) is 11.3 Å². The number of aromatic nitrogens is 1. The van der Waals surface area contributed by atoms with Crippen LogP contribution in [-0.2, 0) is 6.42 Å². The Kier molecular flexibility index (Phi) is 4.32. The van der Waals surface area contributed by atoms with E-state index in [9.17, 15) is 0 Å². The van der Waals surface area contributed by atoms with E-state index in [1.165, 1.54) is 15.8 Å². The van der Waals surface area contributed by atoms with Crippen molar-refractivity contribution in [2.24, 2.45) is 0 Å². The second-order valence-corrected chi connectivity index (χ2v) is 6.31. The molecule has 1 aromatic carbocycles. The highest BCUT2D eigenvalue weighted by Gasteiger charge is 2.15. The molecule has 0 bridgehead atoms. The molecule has 0 aliphatic rings. The van der Waals surface area contributed by atoms with Gasteiger partial charge in [0.05, 0.1) is 17.3 Å². The normalized spacial score (nSPS) is 12.7. The van der Waals surface area contributed by atoms with Gasteiger partial charge in [0.15, 0.2) is 0 Å². The van der Waals surface area contributed by atoms with Crippen molar-refractivity contribution < 1.29 is 0 Å². The van der Waals surface area contributed by atoms with E-state index in [2.05, 4.69) is 67.0 Å². The van der Waals surface area contributed by atoms with Gasteiger partial charge < -0.3 is 5.32 Å². The lowest BCUT2D eigenvalue weighted by Crippen LogP contribution is -2.23. The first-order valence-corrected chi connectivity index (χ1v) is 8.28. The molecule has 0 saturated carbocycles. The molecule has 1 atom stereocenters. The topological polar surface area (TPSA) is 24.9 Å². The number of para-hydroxylation sites is 1. The van der Waals surface area contributed by atoms with Crippen molar-refractivity contribution in [3.8, 4) is 0 Å². The van der Waals surface area contributed by atoms with E-state index in [1.807, 2.05) is 11.3 Å². The van der Waals surface area contributed by atoms with Crippen LogP contribution in [0.5, 0.6) is 0 Å². The SMILES string of the molecule is CCNC(Cc1cccs1)c1cc(C)c2ccccc2n1. The molecule has 2 nitrogen and oxygen atoms in total. The Labute approximate surface area is 129 Å². The average molecular weight is 296 g/mol. The third kappa shape index (κ3) is 3.14. The molecule has 3 rings (SSSR count). The molecule has 0 amide bonds. The third-order valence-corrected chi connectivity index (χ3v) is 4.63. The first-order valence-electron chi connectivity index (χ1n) is 7.40. The highest BCUT2D eigenvalue weighted by atomic mass is 32.1. The van der Waals surface area contributed by atoms with Gasteiger partial charge in [-0.25, -0.2) is 0 Å². The van der Waals surface area contributed by atoms with Gasteiger partial charge in [0.25, 0.3) is 0 Å². The Hall–Kier alpha value is -1.71. The summed E-state index contributed by atoms with van der Waals surface area (Å²) in [7, 11) is 0. The zero-order valence-corrected chi connectivity index (χ0v) is 13.3. The molecule has 2 aromatic heterocycles. The molecule has 3 heteroatoms. The van der Waals surface area contributed by atoms with Crippen LogP contribution in [0, 0.1) is 6.92 Å². The number of nitrogens with one attached hydrogen (secondary N) is 1. The molecule has 0 saturated heterocycles.